The van der Waals surface area contributed by atoms with Crippen molar-refractivity contribution in [3.05, 3.63) is 68.2 Å². The summed E-state index contributed by atoms with van der Waals surface area (Å²) in [5.41, 5.74) is 4.94. The van der Waals surface area contributed by atoms with Crippen LogP contribution >= 0.6 is 11.6 Å². The number of benzene rings is 2. The van der Waals surface area contributed by atoms with E-state index in [-0.39, 0.29) is 23.9 Å². The molecule has 2 N–H and O–H groups in total. The first-order valence-corrected chi connectivity index (χ1v) is 10.1. The molecule has 162 valence electrons. The first kappa shape index (κ1) is 22.2. The van der Waals surface area contributed by atoms with Gasteiger partial charge in [0.05, 0.1) is 17.7 Å². The van der Waals surface area contributed by atoms with E-state index in [4.69, 9.17) is 16.3 Å². The van der Waals surface area contributed by atoms with E-state index in [1.54, 1.807) is 0 Å². The Bertz CT molecular complexity index is 1020. The van der Waals surface area contributed by atoms with E-state index in [2.05, 4.69) is 15.8 Å². The van der Waals surface area contributed by atoms with Gasteiger partial charge in [-0.05, 0) is 55.0 Å². The van der Waals surface area contributed by atoms with E-state index >= 15 is 0 Å². The molecule has 1 aliphatic carbocycles. The summed E-state index contributed by atoms with van der Waals surface area (Å²) in [7, 11) is 0. The van der Waals surface area contributed by atoms with E-state index in [0.717, 1.165) is 19.3 Å². The van der Waals surface area contributed by atoms with Gasteiger partial charge in [-0.2, -0.15) is 5.10 Å². The van der Waals surface area contributed by atoms with Crippen LogP contribution in [0.3, 0.4) is 0 Å². The van der Waals surface area contributed by atoms with Gasteiger partial charge in [-0.15, -0.1) is 0 Å². The molecule has 0 saturated carbocycles. The molecule has 0 aliphatic heterocycles. The molecule has 0 aromatic heterocycles. The lowest BCUT2D eigenvalue weighted by Crippen LogP contribution is -2.37. The van der Waals surface area contributed by atoms with Crippen molar-refractivity contribution in [2.45, 2.75) is 25.7 Å². The predicted molar refractivity (Wildman–Crippen MR) is 115 cm³/mol. The minimum absolute atomic E-state index is 0.00602. The van der Waals surface area contributed by atoms with Gasteiger partial charge in [0.2, 0.25) is 0 Å². The summed E-state index contributed by atoms with van der Waals surface area (Å²) in [6.07, 6.45) is 5.68. The van der Waals surface area contributed by atoms with Crippen LogP contribution in [-0.4, -0.2) is 36.1 Å². The number of nitrogens with one attached hydrogen (secondary N) is 2. The van der Waals surface area contributed by atoms with E-state index in [0.29, 0.717) is 11.3 Å². The quantitative estimate of drug-likeness (QED) is 0.368. The van der Waals surface area contributed by atoms with Crippen LogP contribution in [0.25, 0.3) is 0 Å². The summed E-state index contributed by atoms with van der Waals surface area (Å²) >= 11 is 5.74. The van der Waals surface area contributed by atoms with Gasteiger partial charge in [0.1, 0.15) is 10.8 Å². The van der Waals surface area contributed by atoms with Crippen LogP contribution in [-0.2, 0) is 22.4 Å². The maximum Gasteiger partial charge on any atom is 0.288 e. The molecule has 0 fully saturated rings. The molecule has 2 aromatic carbocycles. The van der Waals surface area contributed by atoms with Crippen LogP contribution in [0.5, 0.6) is 5.75 Å². The lowest BCUT2D eigenvalue weighted by Gasteiger charge is -2.16. The summed E-state index contributed by atoms with van der Waals surface area (Å²) in [4.78, 5) is 34.0. The molecule has 1 aliphatic rings. The largest absolute Gasteiger partial charge is 0.484 e. The zero-order chi connectivity index (χ0) is 22.2. The number of ether oxygens (including phenoxy) is 1. The Labute approximate surface area is 183 Å². The van der Waals surface area contributed by atoms with E-state index in [1.165, 1.54) is 42.0 Å². The average molecular weight is 445 g/mol. The molecule has 10 heteroatoms. The number of hydrogen-bond donors (Lipinski definition) is 2. The van der Waals surface area contributed by atoms with E-state index in [1.807, 2.05) is 18.2 Å². The second-order valence-electron chi connectivity index (χ2n) is 6.96. The van der Waals surface area contributed by atoms with Gasteiger partial charge in [0.15, 0.2) is 6.61 Å². The summed E-state index contributed by atoms with van der Waals surface area (Å²) in [6, 6.07) is 9.96. The molecule has 0 saturated heterocycles. The third-order valence-electron chi connectivity index (χ3n) is 4.71. The Balaban J connectivity index is 1.40. The highest BCUT2D eigenvalue weighted by atomic mass is 35.5. The lowest BCUT2D eigenvalue weighted by molar-refractivity contribution is -0.384. The highest BCUT2D eigenvalue weighted by Gasteiger charge is 2.13. The Morgan fingerprint density at radius 2 is 1.90 bits per heavy atom. The highest BCUT2D eigenvalue weighted by molar-refractivity contribution is 6.32. The number of amides is 2. The molecular weight excluding hydrogens is 424 g/mol. The van der Waals surface area contributed by atoms with Gasteiger partial charge in [-0.3, -0.25) is 19.7 Å². The van der Waals surface area contributed by atoms with Crippen molar-refractivity contribution in [1.29, 1.82) is 0 Å². The first-order valence-electron chi connectivity index (χ1n) is 9.69. The third kappa shape index (κ3) is 6.51. The summed E-state index contributed by atoms with van der Waals surface area (Å²) < 4.78 is 5.51. The number of aryl methyl sites for hydroxylation is 2. The standard InChI is InChI=1S/C21H21ClN4O5/c22-18-8-5-14(9-19(18)26(29)30)11-24-25-20(27)12-23-21(28)13-31-17-7-6-15-3-1-2-4-16(15)10-17/h5-11H,1-4,12-13H2,(H,23,28)(H,25,27)/b24-11+. The molecule has 9 nitrogen and oxygen atoms in total. The van der Waals surface area contributed by atoms with Crippen molar-refractivity contribution in [2.24, 2.45) is 5.10 Å². The molecule has 0 unspecified atom stereocenters. The smallest absolute Gasteiger partial charge is 0.288 e. The minimum Gasteiger partial charge on any atom is -0.484 e. The fourth-order valence-corrected chi connectivity index (χ4v) is 3.33. The predicted octanol–water partition coefficient (Wildman–Crippen LogP) is 2.77. The van der Waals surface area contributed by atoms with Crippen LogP contribution in [0.15, 0.2) is 41.5 Å². The van der Waals surface area contributed by atoms with Gasteiger partial charge >= 0.3 is 0 Å². The fraction of sp³-hybridized carbons (Fsp3) is 0.286. The molecule has 0 atom stereocenters. The molecule has 2 amide bonds. The number of hydrogen-bond acceptors (Lipinski definition) is 6. The summed E-state index contributed by atoms with van der Waals surface area (Å²) in [5.74, 6) is -0.367. The number of hydrazone groups is 1. The molecule has 0 spiro atoms. The van der Waals surface area contributed by atoms with Crippen LogP contribution in [0.2, 0.25) is 5.02 Å². The number of nitrogens with zero attached hydrogens (tertiary/aromatic N) is 2. The van der Waals surface area contributed by atoms with Crippen LogP contribution in [0, 0.1) is 10.1 Å². The van der Waals surface area contributed by atoms with Crippen molar-refractivity contribution in [3.8, 4) is 5.75 Å². The summed E-state index contributed by atoms with van der Waals surface area (Å²) in [6.45, 7) is -0.492. The van der Waals surface area contributed by atoms with Gasteiger partial charge in [0.25, 0.3) is 17.5 Å². The number of carbonyl (C=O) groups is 2. The van der Waals surface area contributed by atoms with Crippen LogP contribution < -0.4 is 15.5 Å². The van der Waals surface area contributed by atoms with E-state index < -0.39 is 16.7 Å². The van der Waals surface area contributed by atoms with Crippen molar-refractivity contribution in [2.75, 3.05) is 13.2 Å². The number of nitro benzene ring substituents is 1. The van der Waals surface area contributed by atoms with E-state index in [9.17, 15) is 19.7 Å². The Kier molecular flexibility index (Phi) is 7.55. The van der Waals surface area contributed by atoms with Crippen molar-refractivity contribution in [1.82, 2.24) is 10.7 Å². The minimum atomic E-state index is -0.611. The number of nitro groups is 1. The second-order valence-corrected chi connectivity index (χ2v) is 7.37. The number of halogens is 1. The summed E-state index contributed by atoms with van der Waals surface area (Å²) in [5, 5.41) is 17.0. The van der Waals surface area contributed by atoms with Crippen LogP contribution in [0.1, 0.15) is 29.5 Å². The molecular formula is C21H21ClN4O5. The third-order valence-corrected chi connectivity index (χ3v) is 5.03. The maximum atomic E-state index is 11.9. The zero-order valence-electron chi connectivity index (χ0n) is 16.6. The number of rotatable bonds is 8. The molecule has 3 rings (SSSR count). The SMILES string of the molecule is O=C(COc1ccc2c(c1)CCCC2)NCC(=O)N/N=C/c1ccc(Cl)c([N+](=O)[O-])c1. The topological polar surface area (TPSA) is 123 Å². The Hall–Kier alpha value is -3.46. The Morgan fingerprint density at radius 3 is 2.68 bits per heavy atom. The molecule has 31 heavy (non-hydrogen) atoms. The maximum absolute atomic E-state index is 11.9. The number of fused-ring (bicyclic) bond motifs is 1. The van der Waals surface area contributed by atoms with Gasteiger partial charge < -0.3 is 10.1 Å². The molecule has 0 bridgehead atoms. The molecule has 0 radical (unpaired) electrons. The van der Waals surface area contributed by atoms with Crippen molar-refractivity contribution < 1.29 is 19.2 Å². The lowest BCUT2D eigenvalue weighted by atomic mass is 9.92. The van der Waals surface area contributed by atoms with Crippen molar-refractivity contribution >= 4 is 35.3 Å². The van der Waals surface area contributed by atoms with Gasteiger partial charge in [-0.1, -0.05) is 23.7 Å². The fourth-order valence-electron chi connectivity index (χ4n) is 3.15. The first-order chi connectivity index (χ1) is 14.9. The highest BCUT2D eigenvalue weighted by Crippen LogP contribution is 2.25. The molecule has 0 heterocycles. The van der Waals surface area contributed by atoms with Gasteiger partial charge in [-0.25, -0.2) is 5.43 Å². The monoisotopic (exact) mass is 444 g/mol. The molecule has 2 aromatic rings. The van der Waals surface area contributed by atoms with Crippen LogP contribution in [0.4, 0.5) is 5.69 Å². The Morgan fingerprint density at radius 1 is 1.13 bits per heavy atom. The normalized spacial score (nSPS) is 12.8. The second kappa shape index (κ2) is 10.5. The van der Waals surface area contributed by atoms with Gasteiger partial charge in [0, 0.05) is 11.6 Å². The zero-order valence-corrected chi connectivity index (χ0v) is 17.4. The number of carbonyl (C=O) groups excluding carboxylic acids is 2. The average Bonchev–Trinajstić information content (AvgIpc) is 2.77. The van der Waals surface area contributed by atoms with Crippen molar-refractivity contribution in [3.63, 3.8) is 0 Å².